The standard InChI is InChI=1S/C20H22N2OS/c1-15-7-8-18(21-12-15)19(11-16-9-10-24-14-16)22-13-17-5-3-4-6-20(17)23-2/h3-10,12,14,19,22H,11,13H2,1-2H3/t19-/m0/s1. The van der Waals surface area contributed by atoms with E-state index in [-0.39, 0.29) is 6.04 Å². The zero-order valence-electron chi connectivity index (χ0n) is 14.0. The molecule has 0 unspecified atom stereocenters. The van der Waals surface area contributed by atoms with E-state index in [9.17, 15) is 0 Å². The number of benzene rings is 1. The van der Waals surface area contributed by atoms with Crippen LogP contribution < -0.4 is 10.1 Å². The second-order valence-corrected chi connectivity index (χ2v) is 6.62. The van der Waals surface area contributed by atoms with Crippen molar-refractivity contribution in [3.05, 3.63) is 81.8 Å². The van der Waals surface area contributed by atoms with Crippen molar-refractivity contribution < 1.29 is 4.74 Å². The maximum Gasteiger partial charge on any atom is 0.123 e. The number of hydrogen-bond donors (Lipinski definition) is 1. The third kappa shape index (κ3) is 4.22. The Morgan fingerprint density at radius 2 is 2.04 bits per heavy atom. The lowest BCUT2D eigenvalue weighted by Gasteiger charge is -2.19. The van der Waals surface area contributed by atoms with Crippen LogP contribution >= 0.6 is 11.3 Å². The van der Waals surface area contributed by atoms with Crippen molar-refractivity contribution >= 4 is 11.3 Å². The minimum Gasteiger partial charge on any atom is -0.496 e. The summed E-state index contributed by atoms with van der Waals surface area (Å²) < 4.78 is 5.45. The highest BCUT2D eigenvalue weighted by Gasteiger charge is 2.14. The molecule has 0 radical (unpaired) electrons. The molecule has 3 aromatic rings. The summed E-state index contributed by atoms with van der Waals surface area (Å²) in [5, 5.41) is 7.97. The van der Waals surface area contributed by atoms with Crippen molar-refractivity contribution in [2.45, 2.75) is 25.9 Å². The molecule has 0 aliphatic rings. The molecule has 0 aliphatic carbocycles. The Labute approximate surface area is 147 Å². The molecule has 2 heterocycles. The summed E-state index contributed by atoms with van der Waals surface area (Å²) in [6.45, 7) is 2.81. The SMILES string of the molecule is COc1ccccc1CN[C@@H](Cc1ccsc1)c1ccc(C)cn1. The molecule has 4 heteroatoms. The summed E-state index contributed by atoms with van der Waals surface area (Å²) in [7, 11) is 1.71. The van der Waals surface area contributed by atoms with E-state index < -0.39 is 0 Å². The summed E-state index contributed by atoms with van der Waals surface area (Å²) in [5.41, 5.74) is 4.74. The Hall–Kier alpha value is -2.17. The predicted octanol–water partition coefficient (Wildman–Crippen LogP) is 4.53. The van der Waals surface area contributed by atoms with Gasteiger partial charge in [0.15, 0.2) is 0 Å². The van der Waals surface area contributed by atoms with Gasteiger partial charge in [-0.2, -0.15) is 11.3 Å². The third-order valence-corrected chi connectivity index (χ3v) is 4.77. The van der Waals surface area contributed by atoms with Crippen LogP contribution in [0.3, 0.4) is 0 Å². The Kier molecular flexibility index (Phi) is 5.62. The molecule has 3 rings (SSSR count). The lowest BCUT2D eigenvalue weighted by molar-refractivity contribution is 0.404. The lowest BCUT2D eigenvalue weighted by atomic mass is 10.0. The van der Waals surface area contributed by atoms with E-state index in [4.69, 9.17) is 4.74 Å². The van der Waals surface area contributed by atoms with E-state index in [2.05, 4.69) is 52.3 Å². The largest absolute Gasteiger partial charge is 0.496 e. The predicted molar refractivity (Wildman–Crippen MR) is 99.6 cm³/mol. The minimum absolute atomic E-state index is 0.171. The molecule has 124 valence electrons. The van der Waals surface area contributed by atoms with Gasteiger partial charge in [-0.05, 0) is 53.4 Å². The van der Waals surface area contributed by atoms with E-state index in [1.54, 1.807) is 18.4 Å². The van der Waals surface area contributed by atoms with Crippen LogP contribution in [-0.2, 0) is 13.0 Å². The number of aromatic nitrogens is 1. The van der Waals surface area contributed by atoms with Crippen LogP contribution in [0.4, 0.5) is 0 Å². The molecule has 1 atom stereocenters. The van der Waals surface area contributed by atoms with Gasteiger partial charge in [-0.25, -0.2) is 0 Å². The summed E-state index contributed by atoms with van der Waals surface area (Å²) in [4.78, 5) is 4.62. The van der Waals surface area contributed by atoms with Crippen LogP contribution in [0, 0.1) is 6.92 Å². The first kappa shape index (κ1) is 16.7. The first-order valence-electron chi connectivity index (χ1n) is 8.05. The molecule has 1 N–H and O–H groups in total. The molecule has 24 heavy (non-hydrogen) atoms. The molecule has 1 aromatic carbocycles. The van der Waals surface area contributed by atoms with Gasteiger partial charge >= 0.3 is 0 Å². The van der Waals surface area contributed by atoms with Gasteiger partial charge in [0.05, 0.1) is 18.8 Å². The number of nitrogens with one attached hydrogen (secondary N) is 1. The number of para-hydroxylation sites is 1. The fraction of sp³-hybridized carbons (Fsp3) is 0.250. The van der Waals surface area contributed by atoms with Crippen molar-refractivity contribution in [2.24, 2.45) is 0 Å². The highest BCUT2D eigenvalue weighted by molar-refractivity contribution is 7.07. The molecular formula is C20H22N2OS. The average Bonchev–Trinajstić information content (AvgIpc) is 3.13. The molecular weight excluding hydrogens is 316 g/mol. The monoisotopic (exact) mass is 338 g/mol. The first-order chi connectivity index (χ1) is 11.8. The molecule has 3 nitrogen and oxygen atoms in total. The Bertz CT molecular complexity index is 754. The zero-order valence-corrected chi connectivity index (χ0v) is 14.8. The summed E-state index contributed by atoms with van der Waals surface area (Å²) in [5.74, 6) is 0.913. The van der Waals surface area contributed by atoms with Gasteiger partial charge in [-0.3, -0.25) is 4.98 Å². The topological polar surface area (TPSA) is 34.1 Å². The van der Waals surface area contributed by atoms with Gasteiger partial charge in [0, 0.05) is 18.3 Å². The van der Waals surface area contributed by atoms with Gasteiger partial charge in [0.25, 0.3) is 0 Å². The summed E-state index contributed by atoms with van der Waals surface area (Å²) in [6.07, 6.45) is 2.86. The normalized spacial score (nSPS) is 12.1. The minimum atomic E-state index is 0.171. The van der Waals surface area contributed by atoms with Crippen molar-refractivity contribution in [3.8, 4) is 5.75 Å². The number of rotatable bonds is 7. The maximum absolute atomic E-state index is 5.45. The average molecular weight is 338 g/mol. The van der Waals surface area contributed by atoms with E-state index in [0.29, 0.717) is 0 Å². The number of pyridine rings is 1. The molecule has 0 saturated carbocycles. The summed E-state index contributed by atoms with van der Waals surface area (Å²) >= 11 is 1.73. The Balaban J connectivity index is 1.77. The molecule has 0 saturated heterocycles. The van der Waals surface area contributed by atoms with Crippen LogP contribution in [0.25, 0.3) is 0 Å². The van der Waals surface area contributed by atoms with Crippen molar-refractivity contribution in [1.82, 2.24) is 10.3 Å². The highest BCUT2D eigenvalue weighted by Crippen LogP contribution is 2.22. The fourth-order valence-corrected chi connectivity index (χ4v) is 3.37. The number of ether oxygens (including phenoxy) is 1. The van der Waals surface area contributed by atoms with Crippen LogP contribution in [0.1, 0.15) is 28.4 Å². The van der Waals surface area contributed by atoms with Crippen LogP contribution in [0.5, 0.6) is 5.75 Å². The van der Waals surface area contributed by atoms with Gasteiger partial charge < -0.3 is 10.1 Å². The second-order valence-electron chi connectivity index (χ2n) is 5.84. The molecule has 0 spiro atoms. The van der Waals surface area contributed by atoms with E-state index in [1.807, 2.05) is 24.4 Å². The number of hydrogen-bond acceptors (Lipinski definition) is 4. The van der Waals surface area contributed by atoms with Crippen LogP contribution in [-0.4, -0.2) is 12.1 Å². The molecule has 2 aromatic heterocycles. The zero-order chi connectivity index (χ0) is 16.8. The lowest BCUT2D eigenvalue weighted by Crippen LogP contribution is -2.24. The summed E-state index contributed by atoms with van der Waals surface area (Å²) in [6, 6.07) is 14.7. The molecule has 0 aliphatic heterocycles. The number of aryl methyl sites for hydroxylation is 1. The second kappa shape index (κ2) is 8.08. The number of methoxy groups -OCH3 is 1. The Morgan fingerprint density at radius 3 is 2.75 bits per heavy atom. The Morgan fingerprint density at radius 1 is 1.17 bits per heavy atom. The van der Waals surface area contributed by atoms with Gasteiger partial charge in [-0.1, -0.05) is 24.3 Å². The highest BCUT2D eigenvalue weighted by atomic mass is 32.1. The third-order valence-electron chi connectivity index (χ3n) is 4.04. The van der Waals surface area contributed by atoms with Gasteiger partial charge in [0.2, 0.25) is 0 Å². The molecule has 0 fully saturated rings. The maximum atomic E-state index is 5.45. The van der Waals surface area contributed by atoms with Crippen LogP contribution in [0.2, 0.25) is 0 Å². The van der Waals surface area contributed by atoms with E-state index in [1.165, 1.54) is 11.1 Å². The number of thiophene rings is 1. The quantitative estimate of drug-likeness (QED) is 0.687. The first-order valence-corrected chi connectivity index (χ1v) is 8.99. The van der Waals surface area contributed by atoms with Crippen molar-refractivity contribution in [1.29, 1.82) is 0 Å². The molecule has 0 amide bonds. The van der Waals surface area contributed by atoms with E-state index >= 15 is 0 Å². The van der Waals surface area contributed by atoms with Crippen molar-refractivity contribution in [3.63, 3.8) is 0 Å². The van der Waals surface area contributed by atoms with Gasteiger partial charge in [0.1, 0.15) is 5.75 Å². The van der Waals surface area contributed by atoms with Crippen LogP contribution in [0.15, 0.2) is 59.4 Å². The van der Waals surface area contributed by atoms with Gasteiger partial charge in [-0.15, -0.1) is 0 Å². The fourth-order valence-electron chi connectivity index (χ4n) is 2.69. The number of nitrogens with zero attached hydrogens (tertiary/aromatic N) is 1. The smallest absolute Gasteiger partial charge is 0.123 e. The van der Waals surface area contributed by atoms with E-state index in [0.717, 1.165) is 30.0 Å². The molecule has 0 bridgehead atoms. The van der Waals surface area contributed by atoms with Crippen molar-refractivity contribution in [2.75, 3.05) is 7.11 Å².